The van der Waals surface area contributed by atoms with Crippen LogP contribution in [0.5, 0.6) is 0 Å². The van der Waals surface area contributed by atoms with Gasteiger partial charge in [-0.1, -0.05) is 70.5 Å². The number of halogens is 1. The lowest BCUT2D eigenvalue weighted by Gasteiger charge is -2.39. The van der Waals surface area contributed by atoms with Crippen LogP contribution in [-0.4, -0.2) is 76.2 Å². The number of carbonyl (C=O) groups excluding carboxylic acids is 3. The van der Waals surface area contributed by atoms with Gasteiger partial charge in [0.25, 0.3) is 5.91 Å². The van der Waals surface area contributed by atoms with E-state index in [1.165, 1.54) is 4.90 Å². The molecule has 5 rings (SSSR count). The Morgan fingerprint density at radius 1 is 1.21 bits per heavy atom. The number of likely N-dealkylation sites (tertiary alicyclic amines) is 1. The van der Waals surface area contributed by atoms with Crippen molar-refractivity contribution >= 4 is 39.4 Å². The third-order valence-corrected chi connectivity index (χ3v) is 9.80. The molecule has 7 atom stereocenters. The molecule has 0 aliphatic carbocycles. The molecule has 228 valence electrons. The second-order valence-electron chi connectivity index (χ2n) is 11.7. The summed E-state index contributed by atoms with van der Waals surface area (Å²) >= 11 is 3.71. The third kappa shape index (κ3) is 5.47. The molecule has 43 heavy (non-hydrogen) atoms. The predicted octanol–water partition coefficient (Wildman–Crippen LogP) is 4.29. The Morgan fingerprint density at radius 2 is 1.95 bits per heavy atom. The number of rotatable bonds is 12. The Hall–Kier alpha value is -3.27. The van der Waals surface area contributed by atoms with E-state index in [1.807, 2.05) is 62.4 Å². The molecular weight excluding hydrogens is 612 g/mol. The Bertz CT molecular complexity index is 1400. The predicted molar refractivity (Wildman–Crippen MR) is 168 cm³/mol. The van der Waals surface area contributed by atoms with Crippen molar-refractivity contribution in [3.05, 3.63) is 90.5 Å². The van der Waals surface area contributed by atoms with Gasteiger partial charge in [0.1, 0.15) is 11.6 Å². The van der Waals surface area contributed by atoms with E-state index in [9.17, 15) is 19.5 Å². The van der Waals surface area contributed by atoms with Crippen LogP contribution in [0.2, 0.25) is 0 Å². The number of anilines is 1. The van der Waals surface area contributed by atoms with E-state index in [4.69, 9.17) is 9.47 Å². The van der Waals surface area contributed by atoms with Gasteiger partial charge >= 0.3 is 5.97 Å². The molecule has 9 heteroatoms. The first-order valence-electron chi connectivity index (χ1n) is 14.7. The minimum Gasteiger partial charge on any atom is -0.465 e. The monoisotopic (exact) mass is 650 g/mol. The standard InChI is InChI=1S/C34H39BrN2O6/c1-5-7-16-42-33(41)27-28-31(39)37(24(20-38)18-23-11-9-8-10-12-23)30(34(28)19-25(35)29(27)43-34)32(40)36(15-6-2)26-17-21(3)13-14-22(26)4/h5-6,8-14,17,24-25,27-30,38H,1-2,7,15-16,18-20H2,3-4H3/t24-,25?,27+,28+,29+,30?,34?/m1/s1. The summed E-state index contributed by atoms with van der Waals surface area (Å²) in [4.78, 5) is 45.9. The number of amides is 2. The Morgan fingerprint density at radius 3 is 2.63 bits per heavy atom. The summed E-state index contributed by atoms with van der Waals surface area (Å²) in [6.45, 7) is 11.5. The highest BCUT2D eigenvalue weighted by Gasteiger charge is 2.77. The Kier molecular flexibility index (Phi) is 9.25. The van der Waals surface area contributed by atoms with Crippen molar-refractivity contribution < 1.29 is 29.0 Å². The number of nitrogens with zero attached hydrogens (tertiary/aromatic N) is 2. The fourth-order valence-corrected chi connectivity index (χ4v) is 8.02. The molecule has 2 amide bonds. The highest BCUT2D eigenvalue weighted by Crippen LogP contribution is 2.61. The summed E-state index contributed by atoms with van der Waals surface area (Å²) in [6.07, 6.45) is 3.86. The molecule has 0 radical (unpaired) electrons. The summed E-state index contributed by atoms with van der Waals surface area (Å²) in [6, 6.07) is 13.6. The summed E-state index contributed by atoms with van der Waals surface area (Å²) in [5, 5.41) is 10.7. The Labute approximate surface area is 261 Å². The molecule has 1 N–H and O–H groups in total. The lowest BCUT2D eigenvalue weighted by Crippen LogP contribution is -2.59. The number of hydrogen-bond acceptors (Lipinski definition) is 6. The van der Waals surface area contributed by atoms with Crippen molar-refractivity contribution in [2.24, 2.45) is 11.8 Å². The lowest BCUT2D eigenvalue weighted by atomic mass is 9.70. The number of carbonyl (C=O) groups is 3. The molecule has 3 aliphatic rings. The number of fused-ring (bicyclic) bond motifs is 1. The summed E-state index contributed by atoms with van der Waals surface area (Å²) in [5.41, 5.74) is 2.22. The number of alkyl halides is 1. The zero-order chi connectivity index (χ0) is 30.9. The number of aliphatic hydroxyl groups is 1. The van der Waals surface area contributed by atoms with Crippen LogP contribution in [0.1, 0.15) is 29.5 Å². The van der Waals surface area contributed by atoms with Gasteiger partial charge in [0.2, 0.25) is 5.91 Å². The molecule has 3 aliphatic heterocycles. The maximum Gasteiger partial charge on any atom is 0.312 e. The molecule has 0 aromatic heterocycles. The number of aliphatic hydroxyl groups excluding tert-OH is 1. The zero-order valence-corrected chi connectivity index (χ0v) is 26.2. The maximum absolute atomic E-state index is 14.9. The van der Waals surface area contributed by atoms with Crippen molar-refractivity contribution in [1.82, 2.24) is 4.90 Å². The van der Waals surface area contributed by atoms with E-state index < -0.39 is 41.6 Å². The van der Waals surface area contributed by atoms with Crippen LogP contribution in [0.25, 0.3) is 0 Å². The van der Waals surface area contributed by atoms with Crippen molar-refractivity contribution in [2.75, 3.05) is 24.7 Å². The maximum atomic E-state index is 14.9. The normalized spacial score (nSPS) is 28.0. The molecule has 3 heterocycles. The summed E-state index contributed by atoms with van der Waals surface area (Å²) in [5.74, 6) is -3.05. The van der Waals surface area contributed by atoms with Crippen LogP contribution in [0.4, 0.5) is 5.69 Å². The minimum absolute atomic E-state index is 0.144. The first kappa shape index (κ1) is 31.2. The minimum atomic E-state index is -1.28. The van der Waals surface area contributed by atoms with Crippen LogP contribution in [0, 0.1) is 25.7 Å². The zero-order valence-electron chi connectivity index (χ0n) is 24.7. The van der Waals surface area contributed by atoms with E-state index in [-0.39, 0.29) is 36.4 Å². The molecule has 0 saturated carbocycles. The van der Waals surface area contributed by atoms with Gasteiger partial charge in [0, 0.05) is 17.1 Å². The van der Waals surface area contributed by atoms with Gasteiger partial charge in [0.15, 0.2) is 0 Å². The molecule has 2 aromatic carbocycles. The van der Waals surface area contributed by atoms with E-state index >= 15 is 0 Å². The van der Waals surface area contributed by atoms with Crippen molar-refractivity contribution in [2.45, 2.75) is 61.7 Å². The van der Waals surface area contributed by atoms with Gasteiger partial charge in [-0.15, -0.1) is 13.2 Å². The molecular formula is C34H39BrN2O6. The fourth-order valence-electron chi connectivity index (χ4n) is 7.08. The molecule has 1 spiro atoms. The van der Waals surface area contributed by atoms with Crippen LogP contribution >= 0.6 is 15.9 Å². The quantitative estimate of drug-likeness (QED) is 0.159. The van der Waals surface area contributed by atoms with Crippen LogP contribution in [0.3, 0.4) is 0 Å². The van der Waals surface area contributed by atoms with E-state index in [2.05, 4.69) is 29.1 Å². The van der Waals surface area contributed by atoms with Gasteiger partial charge in [-0.3, -0.25) is 14.4 Å². The van der Waals surface area contributed by atoms with Gasteiger partial charge < -0.3 is 24.4 Å². The highest BCUT2D eigenvalue weighted by molar-refractivity contribution is 9.09. The third-order valence-electron chi connectivity index (χ3n) is 8.95. The molecule has 8 nitrogen and oxygen atoms in total. The van der Waals surface area contributed by atoms with Crippen LogP contribution < -0.4 is 4.90 Å². The van der Waals surface area contributed by atoms with Crippen molar-refractivity contribution in [3.63, 3.8) is 0 Å². The fraction of sp³-hybridized carbons (Fsp3) is 0.441. The van der Waals surface area contributed by atoms with E-state index in [1.54, 1.807) is 17.1 Å². The largest absolute Gasteiger partial charge is 0.465 e. The lowest BCUT2D eigenvalue weighted by molar-refractivity contribution is -0.155. The number of aryl methyl sites for hydroxylation is 2. The summed E-state index contributed by atoms with van der Waals surface area (Å²) < 4.78 is 12.2. The molecule has 3 fully saturated rings. The molecule has 2 bridgehead atoms. The first-order valence-corrected chi connectivity index (χ1v) is 15.7. The highest BCUT2D eigenvalue weighted by atomic mass is 79.9. The second kappa shape index (κ2) is 12.8. The van der Waals surface area contributed by atoms with Crippen LogP contribution in [-0.2, 0) is 30.3 Å². The number of ether oxygens (including phenoxy) is 2. The summed E-state index contributed by atoms with van der Waals surface area (Å²) in [7, 11) is 0. The van der Waals surface area contributed by atoms with Gasteiger partial charge in [0.05, 0.1) is 37.2 Å². The smallest absolute Gasteiger partial charge is 0.312 e. The Balaban J connectivity index is 1.62. The average Bonchev–Trinajstić information content (AvgIpc) is 3.59. The van der Waals surface area contributed by atoms with Crippen LogP contribution in [0.15, 0.2) is 73.8 Å². The molecule has 3 unspecified atom stereocenters. The van der Waals surface area contributed by atoms with Crippen molar-refractivity contribution in [3.8, 4) is 0 Å². The van der Waals surface area contributed by atoms with Gasteiger partial charge in [-0.25, -0.2) is 0 Å². The topological polar surface area (TPSA) is 96.4 Å². The molecule has 3 saturated heterocycles. The van der Waals surface area contributed by atoms with E-state index in [0.717, 1.165) is 16.7 Å². The SMILES string of the molecule is C=CCCOC(=O)[C@H]1[C@H]2C(=O)N([C@@H](CO)Cc3ccccc3)C(C(=O)N(CC=C)c3cc(C)ccc3C)C23CC(Br)[C@@H]1O3. The first-order chi connectivity index (χ1) is 20.7. The van der Waals surface area contributed by atoms with Crippen molar-refractivity contribution in [1.29, 1.82) is 0 Å². The second-order valence-corrected chi connectivity index (χ2v) is 12.9. The number of esters is 1. The molecule has 2 aromatic rings. The average molecular weight is 652 g/mol. The van der Waals surface area contributed by atoms with E-state index in [0.29, 0.717) is 24.9 Å². The van der Waals surface area contributed by atoms with Gasteiger partial charge in [-0.05, 0) is 55.9 Å². The van der Waals surface area contributed by atoms with Gasteiger partial charge in [-0.2, -0.15) is 0 Å². The number of benzene rings is 2. The number of hydrogen-bond donors (Lipinski definition) is 1.